The van der Waals surface area contributed by atoms with Crippen LogP contribution >= 0.6 is 0 Å². The highest BCUT2D eigenvalue weighted by atomic mass is 16.4. The van der Waals surface area contributed by atoms with Gasteiger partial charge in [0.1, 0.15) is 12.1 Å². The van der Waals surface area contributed by atoms with Crippen LogP contribution in [0.15, 0.2) is 29.3 Å². The largest absolute Gasteiger partial charge is 0.478 e. The topological polar surface area (TPSA) is 209 Å². The Labute approximate surface area is 202 Å². The number of carboxylic acid groups (broad SMARTS) is 1. The molecule has 1 heterocycles. The fraction of sp³-hybridized carbons (Fsp3) is 0.455. The molecule has 8 N–H and O–H groups in total. The Morgan fingerprint density at radius 3 is 2.46 bits per heavy atom. The zero-order valence-electron chi connectivity index (χ0n) is 19.5. The van der Waals surface area contributed by atoms with Gasteiger partial charge in [0.15, 0.2) is 5.96 Å². The Balaban J connectivity index is 2.08. The minimum Gasteiger partial charge on any atom is -0.478 e. The van der Waals surface area contributed by atoms with Gasteiger partial charge in [-0.25, -0.2) is 4.79 Å². The number of likely N-dealkylation sites (tertiary alicyclic amines) is 1. The van der Waals surface area contributed by atoms with Crippen molar-refractivity contribution in [2.75, 3.05) is 25.0 Å². The van der Waals surface area contributed by atoms with Gasteiger partial charge in [-0.3, -0.25) is 24.2 Å². The fourth-order valence-electron chi connectivity index (χ4n) is 3.61. The minimum absolute atomic E-state index is 0.0651. The molecular weight excluding hydrogens is 459 g/mol. The maximum Gasteiger partial charge on any atom is 0.335 e. The molecule has 1 fully saturated rings. The number of amides is 4. The van der Waals surface area contributed by atoms with E-state index in [1.807, 2.05) is 0 Å². The molecule has 1 aliphatic rings. The molecule has 2 rings (SSSR count). The maximum atomic E-state index is 13.0. The van der Waals surface area contributed by atoms with Crippen LogP contribution in [-0.4, -0.2) is 77.3 Å². The van der Waals surface area contributed by atoms with Crippen LogP contribution in [0.4, 0.5) is 5.69 Å². The quantitative estimate of drug-likeness (QED) is 0.128. The molecule has 35 heavy (non-hydrogen) atoms. The Kier molecular flexibility index (Phi) is 9.99. The van der Waals surface area contributed by atoms with Gasteiger partial charge in [0.05, 0.1) is 12.1 Å². The molecule has 190 valence electrons. The highest BCUT2D eigenvalue weighted by Crippen LogP contribution is 2.18. The smallest absolute Gasteiger partial charge is 0.335 e. The van der Waals surface area contributed by atoms with Crippen LogP contribution in [-0.2, 0) is 19.2 Å². The second kappa shape index (κ2) is 12.9. The SMILES string of the molecule is CC(=O)NCC(=O)N1CCC[C@H]1C(=O)N[C@@H](CCCN=C(N)N)C(=O)Nc1cc[13c](C(=O)O)cc1. The third kappa shape index (κ3) is 8.61. The van der Waals surface area contributed by atoms with Crippen molar-refractivity contribution >= 4 is 41.2 Å². The average Bonchev–Trinajstić information content (AvgIpc) is 3.29. The van der Waals surface area contributed by atoms with E-state index in [1.54, 1.807) is 0 Å². The second-order valence-electron chi connectivity index (χ2n) is 8.04. The van der Waals surface area contributed by atoms with E-state index in [0.29, 0.717) is 31.5 Å². The molecule has 0 saturated carbocycles. The van der Waals surface area contributed by atoms with Gasteiger partial charge in [0.2, 0.25) is 23.6 Å². The Bertz CT molecular complexity index is 975. The van der Waals surface area contributed by atoms with Crippen molar-refractivity contribution in [1.82, 2.24) is 15.5 Å². The minimum atomic E-state index is -1.10. The van der Waals surface area contributed by atoms with Gasteiger partial charge < -0.3 is 37.4 Å². The number of hydrogen-bond donors (Lipinski definition) is 6. The summed E-state index contributed by atoms with van der Waals surface area (Å²) in [7, 11) is 0. The van der Waals surface area contributed by atoms with E-state index < -0.39 is 29.9 Å². The standard InChI is InChI=1S/C22H31N7O6/c1-13(30)26-12-18(31)29-11-3-5-17(29)20(33)28-16(4-2-10-25-22(23)24)19(32)27-15-8-6-14(7-9-15)21(34)35/h6-9,16-17H,2-5,10-12H2,1H3,(H,26,30)(H,27,32)(H,28,33)(H,34,35)(H4,23,24,25)/t16-,17-/m0/s1/i14+1. The number of benzene rings is 1. The Morgan fingerprint density at radius 1 is 1.17 bits per heavy atom. The Morgan fingerprint density at radius 2 is 1.86 bits per heavy atom. The Hall–Kier alpha value is -4.16. The first-order valence-electron chi connectivity index (χ1n) is 11.1. The van der Waals surface area contributed by atoms with Crippen LogP contribution in [0.1, 0.15) is 43.0 Å². The molecule has 0 spiro atoms. The third-order valence-electron chi connectivity index (χ3n) is 5.34. The zero-order valence-corrected chi connectivity index (χ0v) is 19.5. The number of guanidine groups is 1. The van der Waals surface area contributed by atoms with Crippen molar-refractivity contribution in [3.63, 3.8) is 0 Å². The predicted molar refractivity (Wildman–Crippen MR) is 127 cm³/mol. The van der Waals surface area contributed by atoms with Crippen LogP contribution in [0.25, 0.3) is 0 Å². The number of aliphatic imine (C=N–C) groups is 1. The third-order valence-corrected chi connectivity index (χ3v) is 5.34. The monoisotopic (exact) mass is 490 g/mol. The number of carbonyl (C=O) groups excluding carboxylic acids is 4. The molecule has 1 aliphatic heterocycles. The van der Waals surface area contributed by atoms with E-state index >= 15 is 0 Å². The summed E-state index contributed by atoms with van der Waals surface area (Å²) in [6, 6.07) is 3.86. The van der Waals surface area contributed by atoms with E-state index in [-0.39, 0.29) is 42.8 Å². The highest BCUT2D eigenvalue weighted by Gasteiger charge is 2.35. The van der Waals surface area contributed by atoms with Crippen molar-refractivity contribution in [3.8, 4) is 0 Å². The first-order valence-corrected chi connectivity index (χ1v) is 11.1. The molecule has 1 aromatic rings. The molecular formula is C22H31N7O6. The van der Waals surface area contributed by atoms with Gasteiger partial charge in [-0.05, 0) is 49.9 Å². The summed E-state index contributed by atoms with van der Waals surface area (Å²) in [4.78, 5) is 65.8. The molecule has 13 nitrogen and oxygen atoms in total. The zero-order chi connectivity index (χ0) is 26.0. The van der Waals surface area contributed by atoms with Crippen molar-refractivity contribution in [1.29, 1.82) is 0 Å². The lowest BCUT2D eigenvalue weighted by molar-refractivity contribution is -0.139. The lowest BCUT2D eigenvalue weighted by Gasteiger charge is -2.26. The number of rotatable bonds is 11. The lowest BCUT2D eigenvalue weighted by Crippen LogP contribution is -2.53. The summed E-state index contributed by atoms with van der Waals surface area (Å²) in [6.07, 6.45) is 1.65. The van der Waals surface area contributed by atoms with Crippen molar-refractivity contribution in [2.24, 2.45) is 16.5 Å². The van der Waals surface area contributed by atoms with Crippen molar-refractivity contribution in [2.45, 2.75) is 44.7 Å². The number of carbonyl (C=O) groups is 5. The van der Waals surface area contributed by atoms with Crippen LogP contribution in [0.2, 0.25) is 0 Å². The van der Waals surface area contributed by atoms with Crippen molar-refractivity contribution < 1.29 is 29.1 Å². The number of nitrogens with zero attached hydrogens (tertiary/aromatic N) is 2. The first-order chi connectivity index (χ1) is 16.6. The van der Waals surface area contributed by atoms with E-state index in [1.165, 1.54) is 36.1 Å². The molecule has 0 aliphatic carbocycles. The van der Waals surface area contributed by atoms with Crippen LogP contribution in [0.5, 0.6) is 0 Å². The molecule has 1 aromatic carbocycles. The molecule has 0 bridgehead atoms. The number of anilines is 1. The summed E-state index contributed by atoms with van der Waals surface area (Å²) < 4.78 is 0. The second-order valence-corrected chi connectivity index (χ2v) is 8.04. The number of nitrogens with two attached hydrogens (primary N) is 2. The first kappa shape index (κ1) is 27.1. The predicted octanol–water partition coefficient (Wildman–Crippen LogP) is -1.01. The van der Waals surface area contributed by atoms with E-state index in [9.17, 15) is 24.0 Å². The van der Waals surface area contributed by atoms with Gasteiger partial charge >= 0.3 is 5.97 Å². The van der Waals surface area contributed by atoms with Gasteiger partial charge in [-0.15, -0.1) is 0 Å². The molecule has 0 aromatic heterocycles. The van der Waals surface area contributed by atoms with Gasteiger partial charge in [0.25, 0.3) is 0 Å². The van der Waals surface area contributed by atoms with Gasteiger partial charge in [0, 0.05) is 25.7 Å². The molecule has 2 atom stereocenters. The molecule has 0 radical (unpaired) electrons. The summed E-state index contributed by atoms with van der Waals surface area (Å²) in [5.74, 6) is -2.92. The molecule has 13 heteroatoms. The van der Waals surface area contributed by atoms with Crippen LogP contribution in [0, 0.1) is 0 Å². The lowest BCUT2D eigenvalue weighted by atomic mass is 10.1. The molecule has 4 amide bonds. The van der Waals surface area contributed by atoms with E-state index in [2.05, 4.69) is 20.9 Å². The van der Waals surface area contributed by atoms with E-state index in [0.717, 1.165) is 0 Å². The average molecular weight is 491 g/mol. The number of carboxylic acids is 1. The van der Waals surface area contributed by atoms with Crippen molar-refractivity contribution in [3.05, 3.63) is 29.8 Å². The molecule has 1 saturated heterocycles. The molecule has 0 unspecified atom stereocenters. The van der Waals surface area contributed by atoms with Gasteiger partial charge in [-0.2, -0.15) is 0 Å². The number of hydrogen-bond acceptors (Lipinski definition) is 6. The highest BCUT2D eigenvalue weighted by molar-refractivity contribution is 5.99. The van der Waals surface area contributed by atoms with Gasteiger partial charge in [-0.1, -0.05) is 0 Å². The van der Waals surface area contributed by atoms with Crippen LogP contribution < -0.4 is 27.4 Å². The van der Waals surface area contributed by atoms with E-state index in [4.69, 9.17) is 16.6 Å². The summed E-state index contributed by atoms with van der Waals surface area (Å²) in [5.41, 5.74) is 11.1. The summed E-state index contributed by atoms with van der Waals surface area (Å²) in [5, 5.41) is 16.8. The maximum absolute atomic E-state index is 13.0. The fourth-order valence-corrected chi connectivity index (χ4v) is 3.61. The number of aromatic carboxylic acids is 1. The number of nitrogens with one attached hydrogen (secondary N) is 3. The summed E-state index contributed by atoms with van der Waals surface area (Å²) >= 11 is 0. The van der Waals surface area contributed by atoms with Crippen LogP contribution in [0.3, 0.4) is 0 Å². The normalized spacial score (nSPS) is 15.6. The summed E-state index contributed by atoms with van der Waals surface area (Å²) in [6.45, 7) is 1.70.